The van der Waals surface area contributed by atoms with E-state index in [2.05, 4.69) is 10.1 Å². The number of benzene rings is 3. The lowest BCUT2D eigenvalue weighted by atomic mass is 10.1. The number of ether oxygens (including phenoxy) is 1. The Morgan fingerprint density at radius 1 is 0.939 bits per heavy atom. The molecule has 3 aromatic carbocycles. The topological polar surface area (TPSA) is 97.5 Å². The highest BCUT2D eigenvalue weighted by Crippen LogP contribution is 2.37. The number of rotatable bonds is 4. The molecule has 0 atom stereocenters. The molecule has 0 amide bonds. The van der Waals surface area contributed by atoms with Crippen molar-refractivity contribution in [2.45, 2.75) is 6.18 Å². The van der Waals surface area contributed by atoms with Crippen LogP contribution >= 0.6 is 0 Å². The first-order valence-electron chi connectivity index (χ1n) is 9.54. The number of carbonyl (C=O) groups is 1. The van der Waals surface area contributed by atoms with E-state index in [9.17, 15) is 28.2 Å². The number of nitrogens with zero attached hydrogens (tertiary/aromatic N) is 3. The van der Waals surface area contributed by atoms with Crippen LogP contribution in [0, 0.1) is 0 Å². The maximum absolute atomic E-state index is 13.0. The molecule has 0 radical (unpaired) electrons. The molecule has 168 valence electrons. The summed E-state index contributed by atoms with van der Waals surface area (Å²) < 4.78 is 45.0. The molecule has 0 bridgehead atoms. The molecule has 4 rings (SSSR count). The predicted molar refractivity (Wildman–Crippen MR) is 112 cm³/mol. The number of halogens is 3. The summed E-state index contributed by atoms with van der Waals surface area (Å²) in [5, 5.41) is 24.9. The molecule has 0 unspecified atom stereocenters. The molecule has 10 heteroatoms. The molecule has 0 saturated carbocycles. The van der Waals surface area contributed by atoms with Crippen LogP contribution in [0.5, 0.6) is 11.5 Å². The lowest BCUT2D eigenvalue weighted by Gasteiger charge is -2.08. The first kappa shape index (κ1) is 21.9. The van der Waals surface area contributed by atoms with Gasteiger partial charge in [-0.15, -0.1) is 5.10 Å². The number of phenols is 2. The molecule has 2 N–H and O–H groups in total. The molecule has 0 aliphatic heterocycles. The van der Waals surface area contributed by atoms with E-state index in [0.29, 0.717) is 11.8 Å². The summed E-state index contributed by atoms with van der Waals surface area (Å²) in [7, 11) is 1.24. The second-order valence-electron chi connectivity index (χ2n) is 6.96. The van der Waals surface area contributed by atoms with E-state index in [1.54, 1.807) is 30.3 Å². The van der Waals surface area contributed by atoms with Crippen LogP contribution in [0.4, 0.5) is 13.2 Å². The number of para-hydroxylation sites is 1. The maximum atomic E-state index is 13.0. The zero-order valence-corrected chi connectivity index (χ0v) is 17.0. The minimum absolute atomic E-state index is 0.0393. The van der Waals surface area contributed by atoms with Crippen molar-refractivity contribution < 1.29 is 32.9 Å². The predicted octanol–water partition coefficient (Wildman–Crippen LogP) is 4.82. The lowest BCUT2D eigenvalue weighted by molar-refractivity contribution is -0.137. The van der Waals surface area contributed by atoms with E-state index >= 15 is 0 Å². The maximum Gasteiger partial charge on any atom is 0.416 e. The van der Waals surface area contributed by atoms with Crippen LogP contribution in [0.2, 0.25) is 0 Å². The number of methoxy groups -OCH3 is 1. The number of aromatic hydroxyl groups is 2. The number of alkyl halides is 3. The molecule has 33 heavy (non-hydrogen) atoms. The third-order valence-corrected chi connectivity index (χ3v) is 4.83. The monoisotopic (exact) mass is 455 g/mol. The zero-order chi connectivity index (χ0) is 23.8. The fraction of sp³-hybridized carbons (Fsp3) is 0.0870. The fourth-order valence-electron chi connectivity index (χ4n) is 3.22. The van der Waals surface area contributed by atoms with Gasteiger partial charge in [0.25, 0.3) is 0 Å². The highest BCUT2D eigenvalue weighted by atomic mass is 19.4. The summed E-state index contributed by atoms with van der Waals surface area (Å²) >= 11 is 0. The minimum Gasteiger partial charge on any atom is -0.507 e. The van der Waals surface area contributed by atoms with Gasteiger partial charge in [0.05, 0.1) is 35.1 Å². The van der Waals surface area contributed by atoms with E-state index in [1.165, 1.54) is 30.0 Å². The van der Waals surface area contributed by atoms with E-state index in [-0.39, 0.29) is 34.1 Å². The van der Waals surface area contributed by atoms with Crippen LogP contribution in [0.3, 0.4) is 0 Å². The Bertz CT molecular complexity index is 1350. The van der Waals surface area contributed by atoms with Crippen LogP contribution in [0.25, 0.3) is 28.5 Å². The van der Waals surface area contributed by atoms with Gasteiger partial charge in [-0.05, 0) is 48.5 Å². The first-order chi connectivity index (χ1) is 15.7. The number of aromatic nitrogens is 3. The molecule has 1 heterocycles. The summed E-state index contributed by atoms with van der Waals surface area (Å²) in [6.45, 7) is 0. The van der Waals surface area contributed by atoms with Crippen molar-refractivity contribution in [2.24, 2.45) is 0 Å². The van der Waals surface area contributed by atoms with Gasteiger partial charge in [0.2, 0.25) is 0 Å². The van der Waals surface area contributed by atoms with Gasteiger partial charge in [0.15, 0.2) is 11.6 Å². The molecule has 0 saturated heterocycles. The summed E-state index contributed by atoms with van der Waals surface area (Å²) in [5.74, 6) is -1.29. The van der Waals surface area contributed by atoms with E-state index in [1.807, 2.05) is 0 Å². The highest BCUT2D eigenvalue weighted by Gasteiger charge is 2.31. The Morgan fingerprint density at radius 2 is 1.70 bits per heavy atom. The quantitative estimate of drug-likeness (QED) is 0.429. The van der Waals surface area contributed by atoms with Crippen LogP contribution in [-0.2, 0) is 10.9 Å². The Balaban J connectivity index is 1.91. The summed E-state index contributed by atoms with van der Waals surface area (Å²) in [6.07, 6.45) is -4.63. The van der Waals surface area contributed by atoms with Gasteiger partial charge in [0.1, 0.15) is 11.5 Å². The van der Waals surface area contributed by atoms with Crippen molar-refractivity contribution >= 4 is 5.97 Å². The summed E-state index contributed by atoms with van der Waals surface area (Å²) in [4.78, 5) is 16.3. The van der Waals surface area contributed by atoms with E-state index < -0.39 is 23.5 Å². The SMILES string of the molecule is COC(=O)c1cccc(-n2nc(-c3ccc(C(F)(F)F)cc3O)nc2-c2ccccc2O)c1. The third kappa shape index (κ3) is 4.22. The largest absolute Gasteiger partial charge is 0.507 e. The second kappa shape index (κ2) is 8.30. The third-order valence-electron chi connectivity index (χ3n) is 4.83. The number of esters is 1. The van der Waals surface area contributed by atoms with Crippen LogP contribution in [0.1, 0.15) is 15.9 Å². The smallest absolute Gasteiger partial charge is 0.416 e. The summed E-state index contributed by atoms with van der Waals surface area (Å²) in [5.41, 5.74) is -0.169. The second-order valence-corrected chi connectivity index (χ2v) is 6.96. The van der Waals surface area contributed by atoms with Crippen molar-refractivity contribution in [3.05, 3.63) is 77.9 Å². The van der Waals surface area contributed by atoms with Crippen molar-refractivity contribution in [1.29, 1.82) is 0 Å². The van der Waals surface area contributed by atoms with Crippen molar-refractivity contribution in [1.82, 2.24) is 14.8 Å². The molecule has 0 aliphatic carbocycles. The molecule has 1 aromatic heterocycles. The van der Waals surface area contributed by atoms with Crippen LogP contribution in [-0.4, -0.2) is 38.1 Å². The average molecular weight is 455 g/mol. The molecule has 7 nitrogen and oxygen atoms in total. The molecule has 0 fully saturated rings. The molecule has 4 aromatic rings. The van der Waals surface area contributed by atoms with Crippen LogP contribution < -0.4 is 0 Å². The van der Waals surface area contributed by atoms with Gasteiger partial charge >= 0.3 is 12.1 Å². The van der Waals surface area contributed by atoms with Crippen molar-refractivity contribution in [2.75, 3.05) is 7.11 Å². The normalized spacial score (nSPS) is 11.4. The van der Waals surface area contributed by atoms with Gasteiger partial charge in [-0.2, -0.15) is 13.2 Å². The Kier molecular flexibility index (Phi) is 5.50. The van der Waals surface area contributed by atoms with Gasteiger partial charge in [-0.3, -0.25) is 0 Å². The lowest BCUT2D eigenvalue weighted by Crippen LogP contribution is -2.05. The van der Waals surface area contributed by atoms with Crippen LogP contribution in [0.15, 0.2) is 66.7 Å². The van der Waals surface area contributed by atoms with Crippen molar-refractivity contribution in [3.63, 3.8) is 0 Å². The molecular weight excluding hydrogens is 439 g/mol. The molecular formula is C23H16F3N3O4. The first-order valence-corrected chi connectivity index (χ1v) is 9.54. The van der Waals surface area contributed by atoms with Crippen molar-refractivity contribution in [3.8, 4) is 40.0 Å². The van der Waals surface area contributed by atoms with Gasteiger partial charge in [-0.1, -0.05) is 18.2 Å². The number of phenolic OH excluding ortho intramolecular Hbond substituents is 2. The van der Waals surface area contributed by atoms with E-state index in [4.69, 9.17) is 4.74 Å². The Morgan fingerprint density at radius 3 is 2.36 bits per heavy atom. The number of carbonyl (C=O) groups excluding carboxylic acids is 1. The Labute approximate surface area is 185 Å². The Hall–Kier alpha value is -4.34. The fourth-order valence-corrected chi connectivity index (χ4v) is 3.22. The highest BCUT2D eigenvalue weighted by molar-refractivity contribution is 5.90. The average Bonchev–Trinajstić information content (AvgIpc) is 3.23. The molecule has 0 spiro atoms. The van der Waals surface area contributed by atoms with Gasteiger partial charge in [-0.25, -0.2) is 14.5 Å². The number of hydrogen-bond acceptors (Lipinski definition) is 6. The van der Waals surface area contributed by atoms with Gasteiger partial charge in [0, 0.05) is 0 Å². The zero-order valence-electron chi connectivity index (χ0n) is 17.0. The standard InChI is InChI=1S/C23H16F3N3O4/c1-33-22(32)13-5-4-6-15(11-13)29-21(17-7-2-3-8-18(17)30)27-20(28-29)16-10-9-14(12-19(16)31)23(24,25)26/h2-12,30-31H,1H3. The number of hydrogen-bond donors (Lipinski definition) is 2. The summed E-state index contributed by atoms with van der Waals surface area (Å²) in [6, 6.07) is 15.0. The van der Waals surface area contributed by atoms with E-state index in [0.717, 1.165) is 12.1 Å². The van der Waals surface area contributed by atoms with Gasteiger partial charge < -0.3 is 14.9 Å². The molecule has 0 aliphatic rings. The minimum atomic E-state index is -4.63.